The number of carbonyl (C=O) groups is 1. The molecule has 3 rings (SSSR count). The highest BCUT2D eigenvalue weighted by Crippen LogP contribution is 2.18. The minimum absolute atomic E-state index is 0.0257. The normalized spacial score (nSPS) is 18.4. The first-order chi connectivity index (χ1) is 13.3. The van der Waals surface area contributed by atoms with Crippen molar-refractivity contribution in [2.45, 2.75) is 44.7 Å². The van der Waals surface area contributed by atoms with Gasteiger partial charge in [0.05, 0.1) is 22.4 Å². The summed E-state index contributed by atoms with van der Waals surface area (Å²) in [5.74, 6) is 0.205. The smallest absolute Gasteiger partial charge is 0.262 e. The average molecular weight is 424 g/mol. The molecule has 28 heavy (non-hydrogen) atoms. The van der Waals surface area contributed by atoms with Gasteiger partial charge in [-0.2, -0.15) is 0 Å². The van der Waals surface area contributed by atoms with Crippen LogP contribution in [0.2, 0.25) is 0 Å². The summed E-state index contributed by atoms with van der Waals surface area (Å²) in [5.41, 5.74) is 0.633. The van der Waals surface area contributed by atoms with Crippen LogP contribution in [0.5, 0.6) is 0 Å². The molecule has 1 N–H and O–H groups in total. The van der Waals surface area contributed by atoms with Gasteiger partial charge in [-0.3, -0.25) is 14.2 Å². The topological polar surface area (TPSA) is 92.2 Å². The van der Waals surface area contributed by atoms with E-state index in [0.717, 1.165) is 18.4 Å². The van der Waals surface area contributed by atoms with Gasteiger partial charge in [0.25, 0.3) is 5.56 Å². The Kier molecular flexibility index (Phi) is 6.34. The number of nitrogens with one attached hydrogen (secondary N) is 1. The monoisotopic (exact) mass is 423 g/mol. The molecule has 1 aliphatic heterocycles. The number of benzene rings is 1. The van der Waals surface area contributed by atoms with Gasteiger partial charge in [-0.25, -0.2) is 8.42 Å². The quantitative estimate of drug-likeness (QED) is 0.545. The zero-order valence-corrected chi connectivity index (χ0v) is 17.5. The summed E-state index contributed by atoms with van der Waals surface area (Å²) in [4.78, 5) is 29.5. The Balaban J connectivity index is 1.49. The highest BCUT2D eigenvalue weighted by atomic mass is 32.2. The van der Waals surface area contributed by atoms with Crippen molar-refractivity contribution in [1.82, 2.24) is 14.5 Å². The third-order valence-electron chi connectivity index (χ3n) is 5.31. The lowest BCUT2D eigenvalue weighted by molar-refractivity contribution is -0.131. The van der Waals surface area contributed by atoms with E-state index >= 15 is 0 Å². The van der Waals surface area contributed by atoms with Gasteiger partial charge in [0.2, 0.25) is 5.91 Å². The number of para-hydroxylation sites is 1. The molecule has 1 atom stereocenters. The number of carbonyl (C=O) groups excluding carboxylic acids is 1. The minimum Gasteiger partial charge on any atom is -0.342 e. The summed E-state index contributed by atoms with van der Waals surface area (Å²) in [6.07, 6.45) is 3.13. The number of hydrogen-bond acceptors (Lipinski definition) is 5. The van der Waals surface area contributed by atoms with Gasteiger partial charge < -0.3 is 9.88 Å². The molecule has 0 saturated carbocycles. The second kappa shape index (κ2) is 8.57. The second-order valence-corrected chi connectivity index (χ2v) is 9.92. The fourth-order valence-electron chi connectivity index (χ4n) is 3.59. The van der Waals surface area contributed by atoms with Crippen LogP contribution in [0.25, 0.3) is 10.9 Å². The van der Waals surface area contributed by atoms with Crippen LogP contribution in [0.3, 0.4) is 0 Å². The van der Waals surface area contributed by atoms with Crippen LogP contribution in [0.4, 0.5) is 0 Å². The van der Waals surface area contributed by atoms with Crippen LogP contribution in [0.1, 0.15) is 32.1 Å². The Morgan fingerprint density at radius 1 is 1.29 bits per heavy atom. The van der Waals surface area contributed by atoms with E-state index < -0.39 is 9.84 Å². The van der Waals surface area contributed by atoms with Crippen molar-refractivity contribution in [3.63, 3.8) is 0 Å². The zero-order valence-electron chi connectivity index (χ0n) is 15.9. The van der Waals surface area contributed by atoms with Gasteiger partial charge in [-0.05, 0) is 43.6 Å². The first kappa shape index (κ1) is 20.7. The van der Waals surface area contributed by atoms with Crippen molar-refractivity contribution < 1.29 is 13.2 Å². The summed E-state index contributed by atoms with van der Waals surface area (Å²) < 4.78 is 25.1. The maximum atomic E-state index is 12.6. The molecular formula is C19H25N3O4S2. The average Bonchev–Trinajstić information content (AvgIpc) is 3.02. The first-order valence-corrected chi connectivity index (χ1v) is 11.7. The van der Waals surface area contributed by atoms with E-state index in [4.69, 9.17) is 12.2 Å². The van der Waals surface area contributed by atoms with Crippen molar-refractivity contribution in [3.8, 4) is 0 Å². The Labute approximate surface area is 169 Å². The molecule has 1 aliphatic rings. The molecule has 0 spiro atoms. The maximum absolute atomic E-state index is 12.6. The van der Waals surface area contributed by atoms with Crippen LogP contribution in [0, 0.1) is 4.77 Å². The van der Waals surface area contributed by atoms with Crippen LogP contribution >= 0.6 is 12.2 Å². The summed E-state index contributed by atoms with van der Waals surface area (Å²) in [6.45, 7) is 0.504. The Bertz CT molecular complexity index is 1090. The van der Waals surface area contributed by atoms with Crippen molar-refractivity contribution in [2.75, 3.05) is 18.6 Å². The Morgan fingerprint density at radius 3 is 2.75 bits per heavy atom. The van der Waals surface area contributed by atoms with Gasteiger partial charge in [0.1, 0.15) is 0 Å². The molecule has 0 bridgehead atoms. The van der Waals surface area contributed by atoms with Crippen molar-refractivity contribution >= 4 is 38.9 Å². The van der Waals surface area contributed by atoms with E-state index in [1.807, 2.05) is 18.2 Å². The molecular weight excluding hydrogens is 398 g/mol. The molecule has 152 valence electrons. The maximum Gasteiger partial charge on any atom is 0.262 e. The summed E-state index contributed by atoms with van der Waals surface area (Å²) in [7, 11) is -1.31. The highest BCUT2D eigenvalue weighted by Gasteiger charge is 2.32. The van der Waals surface area contributed by atoms with Crippen molar-refractivity contribution in [1.29, 1.82) is 0 Å². The number of sulfone groups is 1. The number of amides is 1. The number of unbranched alkanes of at least 4 members (excludes halogenated alkanes) is 2. The predicted molar refractivity (Wildman–Crippen MR) is 112 cm³/mol. The summed E-state index contributed by atoms with van der Waals surface area (Å²) >= 11 is 5.30. The lowest BCUT2D eigenvalue weighted by Gasteiger charge is -2.23. The number of nitrogens with zero attached hydrogens (tertiary/aromatic N) is 2. The fraction of sp³-hybridized carbons (Fsp3) is 0.526. The number of aromatic amines is 1. The second-order valence-electron chi connectivity index (χ2n) is 7.30. The van der Waals surface area contributed by atoms with E-state index in [1.165, 1.54) is 0 Å². The van der Waals surface area contributed by atoms with Gasteiger partial charge in [0.15, 0.2) is 14.6 Å². The molecule has 1 amide bonds. The molecule has 0 aliphatic carbocycles. The van der Waals surface area contributed by atoms with Gasteiger partial charge >= 0.3 is 0 Å². The molecule has 1 aromatic heterocycles. The molecule has 0 unspecified atom stereocenters. The highest BCUT2D eigenvalue weighted by molar-refractivity contribution is 7.91. The number of fused-ring (bicyclic) bond motifs is 1. The Hall–Kier alpha value is -2.00. The standard InChI is InChI=1S/C19H25N3O4S2/c1-21(14-10-12-28(25,26)13-14)17(23)9-3-2-6-11-22-18(24)15-7-4-5-8-16(15)20-19(22)27/h4-5,7-8,14H,2-3,6,9-13H2,1H3,(H,20,27)/t14-/m1/s1. The number of aromatic nitrogens is 2. The third-order valence-corrected chi connectivity index (χ3v) is 7.38. The zero-order chi connectivity index (χ0) is 20.3. The minimum atomic E-state index is -3.00. The van der Waals surface area contributed by atoms with Gasteiger partial charge in [-0.15, -0.1) is 0 Å². The van der Waals surface area contributed by atoms with Crippen LogP contribution in [-0.2, 0) is 21.2 Å². The molecule has 0 radical (unpaired) electrons. The third kappa shape index (κ3) is 4.70. The molecule has 1 fully saturated rings. The molecule has 2 heterocycles. The fourth-order valence-corrected chi connectivity index (χ4v) is 5.64. The SMILES string of the molecule is CN(C(=O)CCCCCn1c(=S)[nH]c2ccccc2c1=O)[C@@H]1CCS(=O)(=O)C1. The van der Waals surface area contributed by atoms with Crippen molar-refractivity contribution in [3.05, 3.63) is 39.4 Å². The largest absolute Gasteiger partial charge is 0.342 e. The summed E-state index contributed by atoms with van der Waals surface area (Å²) in [5, 5.41) is 0.611. The first-order valence-electron chi connectivity index (χ1n) is 9.46. The predicted octanol–water partition coefficient (Wildman–Crippen LogP) is 2.26. The molecule has 2 aromatic rings. The number of hydrogen-bond donors (Lipinski definition) is 1. The summed E-state index contributed by atoms with van der Waals surface area (Å²) in [6, 6.07) is 7.08. The van der Waals surface area contributed by atoms with E-state index in [1.54, 1.807) is 22.6 Å². The Morgan fingerprint density at radius 2 is 2.04 bits per heavy atom. The van der Waals surface area contributed by atoms with Gasteiger partial charge in [0, 0.05) is 26.1 Å². The lowest BCUT2D eigenvalue weighted by Crippen LogP contribution is -2.37. The lowest BCUT2D eigenvalue weighted by atomic mass is 10.1. The van der Waals surface area contributed by atoms with E-state index in [0.29, 0.717) is 36.0 Å². The van der Waals surface area contributed by atoms with Crippen LogP contribution in [-0.4, -0.2) is 53.4 Å². The van der Waals surface area contributed by atoms with Crippen LogP contribution in [0.15, 0.2) is 29.1 Å². The van der Waals surface area contributed by atoms with Gasteiger partial charge in [-0.1, -0.05) is 18.6 Å². The van der Waals surface area contributed by atoms with Crippen LogP contribution < -0.4 is 5.56 Å². The number of H-pyrrole nitrogens is 1. The van der Waals surface area contributed by atoms with Crippen molar-refractivity contribution in [2.24, 2.45) is 0 Å². The van der Waals surface area contributed by atoms with E-state index in [-0.39, 0.29) is 29.0 Å². The van der Waals surface area contributed by atoms with E-state index in [9.17, 15) is 18.0 Å². The molecule has 9 heteroatoms. The molecule has 1 saturated heterocycles. The number of rotatable bonds is 7. The molecule has 1 aromatic carbocycles. The molecule has 7 nitrogen and oxygen atoms in total. The van der Waals surface area contributed by atoms with E-state index in [2.05, 4.69) is 4.98 Å².